The first-order chi connectivity index (χ1) is 9.21. The summed E-state index contributed by atoms with van der Waals surface area (Å²) in [6.45, 7) is 0. The predicted octanol–water partition coefficient (Wildman–Crippen LogP) is 3.89. The van der Waals surface area contributed by atoms with Gasteiger partial charge in [0.1, 0.15) is 0 Å². The Hall–Kier alpha value is 0.0590. The minimum absolute atomic E-state index is 3.85. The first kappa shape index (κ1) is 22.1. The summed E-state index contributed by atoms with van der Waals surface area (Å²) in [5.74, 6) is -13.7. The van der Waals surface area contributed by atoms with E-state index in [0.717, 1.165) is 0 Å². The standard InChI is InChI=1S/C6F14Se2/c7-1(8,3(11,12)13)5(17,18)21-22-6(19,20)2(9,10)4(14,15)16. The Labute approximate surface area is 122 Å². The molecule has 0 rings (SSSR count). The van der Waals surface area contributed by atoms with Gasteiger partial charge in [-0.15, -0.1) is 0 Å². The molecule has 0 heterocycles. The topological polar surface area (TPSA) is 0 Å². The van der Waals surface area contributed by atoms with E-state index >= 15 is 0 Å². The van der Waals surface area contributed by atoms with E-state index in [1.165, 1.54) is 0 Å². The molecule has 22 heavy (non-hydrogen) atoms. The van der Waals surface area contributed by atoms with Gasteiger partial charge >= 0.3 is 122 Å². The molecule has 0 aliphatic carbocycles. The van der Waals surface area contributed by atoms with Crippen molar-refractivity contribution >= 4 is 26.3 Å². The maximum atomic E-state index is 12.6. The number of halogens is 14. The number of rotatable bonds is 5. The van der Waals surface area contributed by atoms with Crippen molar-refractivity contribution in [3.63, 3.8) is 0 Å². The van der Waals surface area contributed by atoms with Crippen LogP contribution in [0.4, 0.5) is 61.5 Å². The zero-order valence-corrected chi connectivity index (χ0v) is 12.5. The van der Waals surface area contributed by atoms with Crippen LogP contribution in [0.5, 0.6) is 0 Å². The van der Waals surface area contributed by atoms with Crippen LogP contribution in [0.25, 0.3) is 0 Å². The van der Waals surface area contributed by atoms with Crippen LogP contribution < -0.4 is 0 Å². The van der Waals surface area contributed by atoms with Gasteiger partial charge in [0.15, 0.2) is 0 Å². The van der Waals surface area contributed by atoms with Gasteiger partial charge in [-0.2, -0.15) is 0 Å². The van der Waals surface area contributed by atoms with Crippen molar-refractivity contribution in [2.75, 3.05) is 0 Å². The SMILES string of the molecule is FC(F)(F)C(F)(F)C(F)(F)[Se][Se]C(F)(F)C(F)(F)C(F)(F)F. The van der Waals surface area contributed by atoms with Gasteiger partial charge in [0.25, 0.3) is 0 Å². The second-order valence-electron chi connectivity index (χ2n) is 3.34. The monoisotopic (exact) mass is 498 g/mol. The van der Waals surface area contributed by atoms with Gasteiger partial charge in [0.2, 0.25) is 0 Å². The second kappa shape index (κ2) is 5.85. The van der Waals surface area contributed by atoms with Crippen LogP contribution in [-0.2, 0) is 0 Å². The van der Waals surface area contributed by atoms with Crippen LogP contribution in [0, 0.1) is 0 Å². The zero-order chi connectivity index (χ0) is 18.4. The van der Waals surface area contributed by atoms with Gasteiger partial charge in [-0.1, -0.05) is 0 Å². The van der Waals surface area contributed by atoms with Gasteiger partial charge in [0, 0.05) is 0 Å². The van der Waals surface area contributed by atoms with Crippen LogP contribution in [0.3, 0.4) is 0 Å². The molecular weight excluding hydrogens is 496 g/mol. The molecule has 0 radical (unpaired) electrons. The van der Waals surface area contributed by atoms with Gasteiger partial charge in [0.05, 0.1) is 0 Å². The molecule has 0 aromatic rings. The molecule has 0 atom stereocenters. The number of alkyl halides is 14. The molecule has 0 aliphatic heterocycles. The fourth-order valence-corrected chi connectivity index (χ4v) is 6.47. The Balaban J connectivity index is 5.31. The number of hydrogen-bond donors (Lipinski definition) is 0. The second-order valence-corrected chi connectivity index (χ2v) is 9.83. The molecule has 0 saturated heterocycles. The van der Waals surface area contributed by atoms with E-state index in [1.807, 2.05) is 0 Å². The van der Waals surface area contributed by atoms with E-state index < -0.39 is 60.1 Å². The van der Waals surface area contributed by atoms with Crippen LogP contribution in [-0.4, -0.2) is 60.1 Å². The molecular formula is C6F14Se2. The number of hydrogen-bond acceptors (Lipinski definition) is 0. The summed E-state index contributed by atoms with van der Waals surface area (Å²) in [4.78, 5) is -12.4. The molecule has 0 unspecified atom stereocenters. The molecule has 0 aromatic heterocycles. The minimum atomic E-state index is -6.89. The molecule has 0 saturated carbocycles. The van der Waals surface area contributed by atoms with E-state index in [-0.39, 0.29) is 0 Å². The summed E-state index contributed by atoms with van der Waals surface area (Å²) < 4.78 is 170. The van der Waals surface area contributed by atoms with Crippen LogP contribution in [0.2, 0.25) is 0 Å². The summed E-state index contributed by atoms with van der Waals surface area (Å²) in [5, 5.41) is 0. The van der Waals surface area contributed by atoms with E-state index in [2.05, 4.69) is 0 Å². The first-order valence-corrected chi connectivity index (χ1v) is 10.3. The molecule has 134 valence electrons. The van der Waals surface area contributed by atoms with E-state index in [4.69, 9.17) is 0 Å². The molecule has 0 N–H and O–H groups in total. The van der Waals surface area contributed by atoms with Crippen molar-refractivity contribution in [3.05, 3.63) is 0 Å². The maximum absolute atomic E-state index is 12.6. The third kappa shape index (κ3) is 3.93. The molecule has 16 heteroatoms. The first-order valence-electron chi connectivity index (χ1n) is 4.22. The van der Waals surface area contributed by atoms with Crippen molar-refractivity contribution in [1.82, 2.24) is 0 Å². The Morgan fingerprint density at radius 2 is 0.545 bits per heavy atom. The van der Waals surface area contributed by atoms with Gasteiger partial charge in [-0.05, 0) is 0 Å². The van der Waals surface area contributed by atoms with E-state index in [1.54, 1.807) is 0 Å². The summed E-state index contributed by atoms with van der Waals surface area (Å²) in [5.41, 5.74) is 0. The fourth-order valence-electron chi connectivity index (χ4n) is 0.539. The molecule has 0 aromatic carbocycles. The molecule has 0 fully saturated rings. The summed E-state index contributed by atoms with van der Waals surface area (Å²) in [6.07, 6.45) is -13.8. The zero-order valence-electron chi connectivity index (χ0n) is 9.11. The Morgan fingerprint density at radius 3 is 0.682 bits per heavy atom. The summed E-state index contributed by atoms with van der Waals surface area (Å²) in [6, 6.07) is 0. The van der Waals surface area contributed by atoms with E-state index in [0.29, 0.717) is 0 Å². The third-order valence-corrected chi connectivity index (χ3v) is 9.30. The van der Waals surface area contributed by atoms with Gasteiger partial charge in [-0.25, -0.2) is 0 Å². The van der Waals surface area contributed by atoms with Crippen molar-refractivity contribution in [1.29, 1.82) is 0 Å². The Bertz CT molecular complexity index is 353. The Kier molecular flexibility index (Phi) is 5.87. The van der Waals surface area contributed by atoms with Crippen LogP contribution >= 0.6 is 0 Å². The van der Waals surface area contributed by atoms with Crippen molar-refractivity contribution in [3.8, 4) is 0 Å². The molecule has 0 amide bonds. The van der Waals surface area contributed by atoms with Crippen molar-refractivity contribution in [2.24, 2.45) is 0 Å². The Morgan fingerprint density at radius 1 is 0.364 bits per heavy atom. The van der Waals surface area contributed by atoms with Crippen molar-refractivity contribution in [2.45, 2.75) is 33.8 Å². The van der Waals surface area contributed by atoms with Crippen LogP contribution in [0.15, 0.2) is 0 Å². The predicted molar refractivity (Wildman–Crippen MR) is 43.4 cm³/mol. The average molecular weight is 496 g/mol. The summed E-state index contributed by atoms with van der Waals surface area (Å²) in [7, 11) is 0. The fraction of sp³-hybridized carbons (Fsp3) is 1.00. The van der Waals surface area contributed by atoms with Crippen molar-refractivity contribution < 1.29 is 61.5 Å². The average Bonchev–Trinajstić information content (AvgIpc) is 2.23. The third-order valence-electron chi connectivity index (χ3n) is 1.69. The normalized spacial score (nSPS) is 16.1. The molecule has 0 nitrogen and oxygen atoms in total. The quantitative estimate of drug-likeness (QED) is 0.401. The van der Waals surface area contributed by atoms with E-state index in [9.17, 15) is 61.5 Å². The van der Waals surface area contributed by atoms with Crippen LogP contribution in [0.1, 0.15) is 0 Å². The molecule has 0 aliphatic rings. The van der Waals surface area contributed by atoms with Gasteiger partial charge < -0.3 is 0 Å². The van der Waals surface area contributed by atoms with Gasteiger partial charge in [-0.3, -0.25) is 0 Å². The molecule has 0 spiro atoms. The summed E-state index contributed by atoms with van der Waals surface area (Å²) >= 11 is -7.70. The molecule has 0 bridgehead atoms.